The molecule has 1 rings (SSSR count). The SMILES string of the molecule is CCOC1=CC(O)=CC[CH]1. The van der Waals surface area contributed by atoms with E-state index in [0.29, 0.717) is 12.4 Å². The summed E-state index contributed by atoms with van der Waals surface area (Å²) in [6.45, 7) is 2.57. The van der Waals surface area contributed by atoms with Gasteiger partial charge in [0.05, 0.1) is 6.61 Å². The molecule has 1 aliphatic rings. The minimum Gasteiger partial charge on any atom is -0.508 e. The summed E-state index contributed by atoms with van der Waals surface area (Å²) in [6, 6.07) is 0. The van der Waals surface area contributed by atoms with Crippen LogP contribution in [-0.2, 0) is 4.74 Å². The van der Waals surface area contributed by atoms with Crippen molar-refractivity contribution in [1.29, 1.82) is 0 Å². The van der Waals surface area contributed by atoms with Crippen LogP contribution in [-0.4, -0.2) is 11.7 Å². The number of hydrogen-bond acceptors (Lipinski definition) is 2. The second kappa shape index (κ2) is 3.30. The lowest BCUT2D eigenvalue weighted by atomic mass is 10.1. The molecule has 2 nitrogen and oxygen atoms in total. The Hall–Kier alpha value is -0.920. The molecule has 0 saturated heterocycles. The molecule has 0 spiro atoms. The molecular weight excluding hydrogens is 128 g/mol. The number of hydrogen-bond donors (Lipinski definition) is 1. The topological polar surface area (TPSA) is 29.5 Å². The van der Waals surface area contributed by atoms with E-state index in [2.05, 4.69) is 0 Å². The monoisotopic (exact) mass is 139 g/mol. The summed E-state index contributed by atoms with van der Waals surface area (Å²) in [6.07, 6.45) is 6.05. The molecule has 10 heavy (non-hydrogen) atoms. The van der Waals surface area contributed by atoms with Crippen LogP contribution in [0, 0.1) is 6.42 Å². The molecule has 0 aromatic carbocycles. The first-order chi connectivity index (χ1) is 4.83. The second-order valence-corrected chi connectivity index (χ2v) is 2.05. The second-order valence-electron chi connectivity index (χ2n) is 2.05. The standard InChI is InChI=1S/C8H11O2/c1-2-10-8-5-3-4-7(9)6-8/h4-6,9H,2-3H2,1H3. The predicted molar refractivity (Wildman–Crippen MR) is 39.3 cm³/mol. The number of ether oxygens (including phenoxy) is 1. The lowest BCUT2D eigenvalue weighted by Gasteiger charge is -2.09. The predicted octanol–water partition coefficient (Wildman–Crippen LogP) is 1.96. The van der Waals surface area contributed by atoms with Crippen LogP contribution >= 0.6 is 0 Å². The fraction of sp³-hybridized carbons (Fsp3) is 0.375. The van der Waals surface area contributed by atoms with E-state index in [4.69, 9.17) is 9.84 Å². The Morgan fingerprint density at radius 2 is 2.50 bits per heavy atom. The summed E-state index contributed by atoms with van der Waals surface area (Å²) in [7, 11) is 0. The molecule has 1 aliphatic carbocycles. The molecule has 0 fully saturated rings. The minimum atomic E-state index is 0.297. The third kappa shape index (κ3) is 1.79. The highest BCUT2D eigenvalue weighted by Gasteiger charge is 2.03. The van der Waals surface area contributed by atoms with Crippen molar-refractivity contribution < 1.29 is 9.84 Å². The van der Waals surface area contributed by atoms with Gasteiger partial charge in [-0.2, -0.15) is 0 Å². The van der Waals surface area contributed by atoms with Crippen molar-refractivity contribution >= 4 is 0 Å². The molecule has 0 unspecified atom stereocenters. The van der Waals surface area contributed by atoms with Crippen molar-refractivity contribution in [2.45, 2.75) is 13.3 Å². The van der Waals surface area contributed by atoms with E-state index in [-0.39, 0.29) is 0 Å². The summed E-state index contributed by atoms with van der Waals surface area (Å²) in [5, 5.41) is 8.99. The van der Waals surface area contributed by atoms with Gasteiger partial charge >= 0.3 is 0 Å². The van der Waals surface area contributed by atoms with E-state index in [0.717, 1.165) is 12.2 Å². The molecule has 2 heteroatoms. The van der Waals surface area contributed by atoms with Crippen molar-refractivity contribution in [3.8, 4) is 0 Å². The highest BCUT2D eigenvalue weighted by Crippen LogP contribution is 2.14. The van der Waals surface area contributed by atoms with Crippen molar-refractivity contribution in [3.05, 3.63) is 30.1 Å². The molecule has 1 N–H and O–H groups in total. The van der Waals surface area contributed by atoms with Gasteiger partial charge in [0.1, 0.15) is 11.5 Å². The Labute approximate surface area is 60.8 Å². The van der Waals surface area contributed by atoms with Gasteiger partial charge in [0, 0.05) is 12.5 Å². The molecule has 0 aromatic heterocycles. The fourth-order valence-electron chi connectivity index (χ4n) is 0.827. The van der Waals surface area contributed by atoms with Crippen LogP contribution in [0.1, 0.15) is 13.3 Å². The lowest BCUT2D eigenvalue weighted by Crippen LogP contribution is -1.97. The van der Waals surface area contributed by atoms with Gasteiger partial charge in [-0.25, -0.2) is 0 Å². The zero-order valence-corrected chi connectivity index (χ0v) is 6.00. The maximum Gasteiger partial charge on any atom is 0.114 e. The fourth-order valence-corrected chi connectivity index (χ4v) is 0.827. The average Bonchev–Trinajstić information content (AvgIpc) is 1.88. The van der Waals surface area contributed by atoms with E-state index in [1.807, 2.05) is 13.3 Å². The van der Waals surface area contributed by atoms with Gasteiger partial charge in [0.25, 0.3) is 0 Å². The van der Waals surface area contributed by atoms with E-state index in [1.165, 1.54) is 0 Å². The van der Waals surface area contributed by atoms with E-state index < -0.39 is 0 Å². The number of rotatable bonds is 2. The highest BCUT2D eigenvalue weighted by molar-refractivity contribution is 5.25. The first-order valence-corrected chi connectivity index (χ1v) is 3.39. The first-order valence-electron chi connectivity index (χ1n) is 3.39. The van der Waals surface area contributed by atoms with Gasteiger partial charge in [0.15, 0.2) is 0 Å². The summed E-state index contributed by atoms with van der Waals surface area (Å²) in [5.41, 5.74) is 0. The molecule has 0 bridgehead atoms. The Kier molecular flexibility index (Phi) is 2.37. The van der Waals surface area contributed by atoms with Gasteiger partial charge in [-0.3, -0.25) is 0 Å². The Morgan fingerprint density at radius 1 is 1.70 bits per heavy atom. The van der Waals surface area contributed by atoms with Crippen LogP contribution in [0.25, 0.3) is 0 Å². The molecular formula is C8H11O2. The Morgan fingerprint density at radius 3 is 3.10 bits per heavy atom. The van der Waals surface area contributed by atoms with E-state index >= 15 is 0 Å². The van der Waals surface area contributed by atoms with Crippen molar-refractivity contribution in [1.82, 2.24) is 0 Å². The summed E-state index contributed by atoms with van der Waals surface area (Å²) >= 11 is 0. The van der Waals surface area contributed by atoms with Gasteiger partial charge in [-0.05, 0) is 19.4 Å². The van der Waals surface area contributed by atoms with Gasteiger partial charge < -0.3 is 9.84 Å². The van der Waals surface area contributed by atoms with Crippen LogP contribution in [0.4, 0.5) is 0 Å². The van der Waals surface area contributed by atoms with Crippen molar-refractivity contribution in [2.75, 3.05) is 6.61 Å². The van der Waals surface area contributed by atoms with Gasteiger partial charge in [-0.15, -0.1) is 0 Å². The number of aliphatic hydroxyl groups is 1. The Balaban J connectivity index is 2.51. The van der Waals surface area contributed by atoms with E-state index in [1.54, 1.807) is 12.2 Å². The zero-order valence-electron chi connectivity index (χ0n) is 6.00. The van der Waals surface area contributed by atoms with Gasteiger partial charge in [0.2, 0.25) is 0 Å². The molecule has 0 aromatic rings. The normalized spacial score (nSPS) is 17.7. The lowest BCUT2D eigenvalue weighted by molar-refractivity contribution is 0.231. The van der Waals surface area contributed by atoms with Crippen LogP contribution in [0.3, 0.4) is 0 Å². The smallest absolute Gasteiger partial charge is 0.114 e. The molecule has 0 aliphatic heterocycles. The third-order valence-corrected chi connectivity index (χ3v) is 1.25. The summed E-state index contributed by atoms with van der Waals surface area (Å²) in [4.78, 5) is 0. The quantitative estimate of drug-likeness (QED) is 0.633. The highest BCUT2D eigenvalue weighted by atomic mass is 16.5. The summed E-state index contributed by atoms with van der Waals surface area (Å²) < 4.78 is 5.16. The van der Waals surface area contributed by atoms with Crippen LogP contribution in [0.15, 0.2) is 23.7 Å². The maximum atomic E-state index is 8.99. The van der Waals surface area contributed by atoms with E-state index in [9.17, 15) is 0 Å². The zero-order chi connectivity index (χ0) is 7.40. The van der Waals surface area contributed by atoms with Gasteiger partial charge in [-0.1, -0.05) is 0 Å². The molecule has 1 radical (unpaired) electrons. The molecule has 0 amide bonds. The maximum absolute atomic E-state index is 8.99. The first kappa shape index (κ1) is 7.19. The third-order valence-electron chi connectivity index (χ3n) is 1.25. The molecule has 0 atom stereocenters. The Bertz CT molecular complexity index is 168. The largest absolute Gasteiger partial charge is 0.508 e. The molecule has 0 heterocycles. The van der Waals surface area contributed by atoms with Crippen LogP contribution in [0.2, 0.25) is 0 Å². The molecule has 55 valence electrons. The number of aliphatic hydroxyl groups excluding tert-OH is 1. The van der Waals surface area contributed by atoms with Crippen molar-refractivity contribution in [3.63, 3.8) is 0 Å². The summed E-state index contributed by atoms with van der Waals surface area (Å²) in [5.74, 6) is 1.06. The molecule has 0 saturated carbocycles. The van der Waals surface area contributed by atoms with Crippen LogP contribution in [0.5, 0.6) is 0 Å². The van der Waals surface area contributed by atoms with Crippen molar-refractivity contribution in [2.24, 2.45) is 0 Å². The number of allylic oxidation sites excluding steroid dienone is 3. The van der Waals surface area contributed by atoms with Crippen LogP contribution < -0.4 is 0 Å². The average molecular weight is 139 g/mol. The minimum absolute atomic E-state index is 0.297.